The third-order valence-electron chi connectivity index (χ3n) is 2.69. The van der Waals surface area contributed by atoms with E-state index in [1.54, 1.807) is 31.4 Å². The first-order valence-corrected chi connectivity index (χ1v) is 6.10. The lowest BCUT2D eigenvalue weighted by Gasteiger charge is -2.14. The number of ether oxygens (including phenoxy) is 2. The lowest BCUT2D eigenvalue weighted by molar-refractivity contribution is -0.110. The monoisotopic (exact) mass is 256 g/mol. The summed E-state index contributed by atoms with van der Waals surface area (Å²) in [6.07, 6.45) is 8.48. The normalized spacial score (nSPS) is 15.3. The van der Waals surface area contributed by atoms with Crippen LogP contribution in [0.15, 0.2) is 60.2 Å². The van der Waals surface area contributed by atoms with E-state index in [1.165, 1.54) is 0 Å². The van der Waals surface area contributed by atoms with Gasteiger partial charge in [0.15, 0.2) is 17.3 Å². The Morgan fingerprint density at radius 2 is 1.68 bits per heavy atom. The quantitative estimate of drug-likeness (QED) is 0.830. The van der Waals surface area contributed by atoms with Crippen LogP contribution in [0.25, 0.3) is 0 Å². The maximum Gasteiger partial charge on any atom is 0.178 e. The average Bonchev–Trinajstić information content (AvgIpc) is 2.42. The molecule has 0 saturated carbocycles. The molecule has 0 aliphatic heterocycles. The van der Waals surface area contributed by atoms with Crippen molar-refractivity contribution in [3.05, 3.63) is 60.2 Å². The second-order valence-corrected chi connectivity index (χ2v) is 4.21. The van der Waals surface area contributed by atoms with Gasteiger partial charge in [-0.2, -0.15) is 0 Å². The molecule has 0 heterocycles. The van der Waals surface area contributed by atoms with E-state index in [0.717, 1.165) is 5.57 Å². The maximum absolute atomic E-state index is 11.0. The summed E-state index contributed by atoms with van der Waals surface area (Å²) in [4.78, 5) is 11.0. The van der Waals surface area contributed by atoms with Gasteiger partial charge in [0.2, 0.25) is 0 Å². The predicted molar refractivity (Wildman–Crippen MR) is 74.5 cm³/mol. The van der Waals surface area contributed by atoms with Crippen molar-refractivity contribution in [2.75, 3.05) is 7.11 Å². The second kappa shape index (κ2) is 6.05. The Labute approximate surface area is 112 Å². The van der Waals surface area contributed by atoms with Crippen LogP contribution < -0.4 is 9.47 Å². The van der Waals surface area contributed by atoms with Crippen LogP contribution in [0.5, 0.6) is 11.5 Å². The molecule has 3 nitrogen and oxygen atoms in total. The molecule has 1 aromatic rings. The van der Waals surface area contributed by atoms with Gasteiger partial charge in [-0.15, -0.1) is 0 Å². The maximum atomic E-state index is 11.0. The Morgan fingerprint density at radius 3 is 2.32 bits per heavy atom. The summed E-state index contributed by atoms with van der Waals surface area (Å²) >= 11 is 0. The van der Waals surface area contributed by atoms with Gasteiger partial charge in [0.25, 0.3) is 0 Å². The van der Waals surface area contributed by atoms with Crippen molar-refractivity contribution in [3.63, 3.8) is 0 Å². The topological polar surface area (TPSA) is 35.5 Å². The summed E-state index contributed by atoms with van der Waals surface area (Å²) in [5.41, 5.74) is 0.960. The minimum absolute atomic E-state index is 0.00968. The number of para-hydroxylation sites is 2. The summed E-state index contributed by atoms with van der Waals surface area (Å²) in [6, 6.07) is 7.52. The Morgan fingerprint density at radius 1 is 1.05 bits per heavy atom. The fourth-order valence-electron chi connectivity index (χ4n) is 1.80. The van der Waals surface area contributed by atoms with Gasteiger partial charge in [-0.3, -0.25) is 4.79 Å². The van der Waals surface area contributed by atoms with Crippen molar-refractivity contribution in [3.8, 4) is 11.5 Å². The van der Waals surface area contributed by atoms with Gasteiger partial charge in [0.1, 0.15) is 6.10 Å². The smallest absolute Gasteiger partial charge is 0.178 e. The van der Waals surface area contributed by atoms with Crippen LogP contribution in [-0.2, 0) is 4.79 Å². The summed E-state index contributed by atoms with van der Waals surface area (Å²) in [6.45, 7) is 1.94. The van der Waals surface area contributed by atoms with Gasteiger partial charge in [0.05, 0.1) is 7.11 Å². The second-order valence-electron chi connectivity index (χ2n) is 4.21. The molecule has 0 fully saturated rings. The number of carbonyl (C=O) groups excluding carboxylic acids is 1. The van der Waals surface area contributed by atoms with E-state index in [1.807, 2.05) is 37.3 Å². The highest BCUT2D eigenvalue weighted by molar-refractivity contribution is 6.01. The van der Waals surface area contributed by atoms with Crippen molar-refractivity contribution in [1.29, 1.82) is 0 Å². The zero-order valence-electron chi connectivity index (χ0n) is 11.0. The van der Waals surface area contributed by atoms with E-state index >= 15 is 0 Å². The SMILES string of the molecule is COc1ccccc1OC(C)C=C1C=CC(=O)C=C1. The van der Waals surface area contributed by atoms with Crippen LogP contribution in [0.1, 0.15) is 6.92 Å². The van der Waals surface area contributed by atoms with Gasteiger partial charge in [-0.1, -0.05) is 24.3 Å². The molecule has 1 aromatic carbocycles. The molecule has 0 radical (unpaired) electrons. The first-order chi connectivity index (χ1) is 9.19. The van der Waals surface area contributed by atoms with Crippen molar-refractivity contribution < 1.29 is 14.3 Å². The highest BCUT2D eigenvalue weighted by Crippen LogP contribution is 2.27. The van der Waals surface area contributed by atoms with Crippen LogP contribution >= 0.6 is 0 Å². The van der Waals surface area contributed by atoms with E-state index in [9.17, 15) is 4.79 Å². The predicted octanol–water partition coefficient (Wildman–Crippen LogP) is 3.08. The molecular weight excluding hydrogens is 240 g/mol. The minimum Gasteiger partial charge on any atom is -0.493 e. The molecule has 0 amide bonds. The highest BCUT2D eigenvalue weighted by Gasteiger charge is 2.07. The Balaban J connectivity index is 2.07. The molecule has 0 spiro atoms. The lowest BCUT2D eigenvalue weighted by atomic mass is 10.1. The number of benzene rings is 1. The molecule has 1 aliphatic carbocycles. The molecule has 19 heavy (non-hydrogen) atoms. The van der Waals surface area contributed by atoms with Gasteiger partial charge in [-0.05, 0) is 42.9 Å². The summed E-state index contributed by atoms with van der Waals surface area (Å²) in [7, 11) is 1.61. The first kappa shape index (κ1) is 13.1. The number of hydrogen-bond acceptors (Lipinski definition) is 3. The van der Waals surface area contributed by atoms with E-state index in [-0.39, 0.29) is 11.9 Å². The van der Waals surface area contributed by atoms with Crippen molar-refractivity contribution in [2.24, 2.45) is 0 Å². The van der Waals surface area contributed by atoms with Crippen LogP contribution in [0.4, 0.5) is 0 Å². The standard InChI is InChI=1S/C16H16O3/c1-12(11-13-7-9-14(17)10-8-13)19-16-6-4-3-5-15(16)18-2/h3-12H,1-2H3. The number of carbonyl (C=O) groups is 1. The summed E-state index contributed by atoms with van der Waals surface area (Å²) < 4.78 is 11.0. The van der Waals surface area contributed by atoms with E-state index in [2.05, 4.69) is 0 Å². The van der Waals surface area contributed by atoms with Crippen molar-refractivity contribution >= 4 is 5.78 Å². The molecule has 0 N–H and O–H groups in total. The molecule has 0 aromatic heterocycles. The fraction of sp³-hybridized carbons (Fsp3) is 0.188. The number of methoxy groups -OCH3 is 1. The molecule has 3 heteroatoms. The largest absolute Gasteiger partial charge is 0.493 e. The van der Waals surface area contributed by atoms with Crippen molar-refractivity contribution in [1.82, 2.24) is 0 Å². The molecule has 98 valence electrons. The number of rotatable bonds is 4. The van der Waals surface area contributed by atoms with E-state index in [0.29, 0.717) is 11.5 Å². The molecular formula is C16H16O3. The molecule has 1 unspecified atom stereocenters. The van der Waals surface area contributed by atoms with Gasteiger partial charge < -0.3 is 9.47 Å². The minimum atomic E-state index is -0.117. The van der Waals surface area contributed by atoms with Crippen LogP contribution in [0.3, 0.4) is 0 Å². The van der Waals surface area contributed by atoms with Gasteiger partial charge in [-0.25, -0.2) is 0 Å². The highest BCUT2D eigenvalue weighted by atomic mass is 16.5. The number of allylic oxidation sites excluding steroid dienone is 5. The van der Waals surface area contributed by atoms with Crippen LogP contribution in [0, 0.1) is 0 Å². The molecule has 0 saturated heterocycles. The van der Waals surface area contributed by atoms with Gasteiger partial charge >= 0.3 is 0 Å². The summed E-state index contributed by atoms with van der Waals surface area (Å²) in [5.74, 6) is 1.42. The third-order valence-corrected chi connectivity index (χ3v) is 2.69. The summed E-state index contributed by atoms with van der Waals surface area (Å²) in [5, 5.41) is 0. The Hall–Kier alpha value is -2.29. The van der Waals surface area contributed by atoms with E-state index < -0.39 is 0 Å². The number of ketones is 1. The first-order valence-electron chi connectivity index (χ1n) is 6.10. The van der Waals surface area contributed by atoms with Crippen LogP contribution in [0.2, 0.25) is 0 Å². The Kier molecular flexibility index (Phi) is 4.18. The van der Waals surface area contributed by atoms with E-state index in [4.69, 9.17) is 9.47 Å². The van der Waals surface area contributed by atoms with Gasteiger partial charge in [0, 0.05) is 0 Å². The third kappa shape index (κ3) is 3.58. The molecule has 1 atom stereocenters. The lowest BCUT2D eigenvalue weighted by Crippen LogP contribution is -2.10. The molecule has 0 bridgehead atoms. The molecule has 2 rings (SSSR count). The van der Waals surface area contributed by atoms with Crippen molar-refractivity contribution in [2.45, 2.75) is 13.0 Å². The molecule has 1 aliphatic rings. The fourth-order valence-corrected chi connectivity index (χ4v) is 1.80. The zero-order chi connectivity index (χ0) is 13.7. The number of hydrogen-bond donors (Lipinski definition) is 0. The zero-order valence-corrected chi connectivity index (χ0v) is 11.0. The average molecular weight is 256 g/mol. The Bertz CT molecular complexity index is 535. The van der Waals surface area contributed by atoms with Crippen LogP contribution in [-0.4, -0.2) is 19.0 Å².